The number of carbonyl (C=O) groups is 2. The summed E-state index contributed by atoms with van der Waals surface area (Å²) >= 11 is 0. The van der Waals surface area contributed by atoms with Crippen molar-refractivity contribution in [1.82, 2.24) is 10.6 Å². The molecule has 0 saturated heterocycles. The maximum Gasteiger partial charge on any atom is 0.262 e. The van der Waals surface area contributed by atoms with Gasteiger partial charge in [0.2, 0.25) is 0 Å². The van der Waals surface area contributed by atoms with E-state index in [4.69, 9.17) is 0 Å². The largest absolute Gasteiger partial charge is 0.345 e. The van der Waals surface area contributed by atoms with Crippen molar-refractivity contribution in [3.8, 4) is 12.1 Å². The minimum Gasteiger partial charge on any atom is -0.345 e. The van der Waals surface area contributed by atoms with E-state index in [1.54, 1.807) is 24.3 Å². The molecule has 6 heteroatoms. The van der Waals surface area contributed by atoms with Gasteiger partial charge in [-0.2, -0.15) is 10.5 Å². The van der Waals surface area contributed by atoms with Gasteiger partial charge in [-0.15, -0.1) is 0 Å². The van der Waals surface area contributed by atoms with Crippen LogP contribution < -0.4 is 10.6 Å². The fraction of sp³-hybridized carbons (Fsp3) is 0.133. The molecule has 0 aliphatic carbocycles. The first kappa shape index (κ1) is 25.7. The zero-order chi connectivity index (χ0) is 25.9. The highest BCUT2D eigenvalue weighted by molar-refractivity contribution is 6.03. The fourth-order valence-electron chi connectivity index (χ4n) is 3.57. The number of hydrogen-bond donors (Lipinski definition) is 2. The Bertz CT molecular complexity index is 1260. The molecule has 6 nitrogen and oxygen atoms in total. The van der Waals surface area contributed by atoms with Gasteiger partial charge in [-0.25, -0.2) is 0 Å². The first-order valence-corrected chi connectivity index (χ1v) is 11.5. The number of rotatable bonds is 8. The minimum atomic E-state index is -0.484. The molecule has 3 aromatic carbocycles. The van der Waals surface area contributed by atoms with Crippen molar-refractivity contribution in [3.63, 3.8) is 0 Å². The molecule has 36 heavy (non-hydrogen) atoms. The smallest absolute Gasteiger partial charge is 0.262 e. The Morgan fingerprint density at radius 2 is 1.06 bits per heavy atom. The number of carbonyl (C=O) groups excluding carboxylic acids is 2. The van der Waals surface area contributed by atoms with Crippen molar-refractivity contribution in [2.75, 3.05) is 0 Å². The zero-order valence-electron chi connectivity index (χ0n) is 20.1. The van der Waals surface area contributed by atoms with Crippen LogP contribution in [0.2, 0.25) is 0 Å². The van der Waals surface area contributed by atoms with Gasteiger partial charge in [-0.05, 0) is 54.3 Å². The molecule has 0 aromatic heterocycles. The molecule has 0 fully saturated rings. The Kier molecular flexibility index (Phi) is 8.92. The van der Waals surface area contributed by atoms with Crippen molar-refractivity contribution in [2.24, 2.45) is 0 Å². The molecular formula is C30H26N4O2. The summed E-state index contributed by atoms with van der Waals surface area (Å²) < 4.78 is 0. The summed E-state index contributed by atoms with van der Waals surface area (Å²) in [4.78, 5) is 25.3. The third-order valence-corrected chi connectivity index (χ3v) is 5.56. The number of hydrogen-bond acceptors (Lipinski definition) is 4. The molecule has 0 heterocycles. The van der Waals surface area contributed by atoms with Crippen LogP contribution in [0.4, 0.5) is 0 Å². The lowest BCUT2D eigenvalue weighted by Gasteiger charge is -2.14. The quantitative estimate of drug-likeness (QED) is 0.343. The van der Waals surface area contributed by atoms with E-state index in [1.807, 2.05) is 86.6 Å². The van der Waals surface area contributed by atoms with Crippen LogP contribution in [0.15, 0.2) is 96.1 Å². The lowest BCUT2D eigenvalue weighted by atomic mass is 10.0. The number of nitrogens with one attached hydrogen (secondary N) is 2. The first-order chi connectivity index (χ1) is 17.4. The summed E-state index contributed by atoms with van der Waals surface area (Å²) in [7, 11) is 0. The van der Waals surface area contributed by atoms with E-state index in [2.05, 4.69) is 10.6 Å². The van der Waals surface area contributed by atoms with Crippen molar-refractivity contribution in [2.45, 2.75) is 25.9 Å². The Hall–Kier alpha value is -4.94. The molecule has 2 N–H and O–H groups in total. The molecule has 178 valence electrons. The summed E-state index contributed by atoms with van der Waals surface area (Å²) in [5.74, 6) is -0.969. The van der Waals surface area contributed by atoms with Crippen molar-refractivity contribution >= 4 is 24.0 Å². The Morgan fingerprint density at radius 1 is 0.667 bits per heavy atom. The van der Waals surface area contributed by atoms with Crippen LogP contribution in [-0.4, -0.2) is 11.8 Å². The maximum absolute atomic E-state index is 12.7. The maximum atomic E-state index is 12.7. The SMILES string of the molecule is CC(NC(=O)/C(C#N)=C\c1cccc(/C=C(\C#N)C(=O)NC(C)c2ccccc2)c1)c1ccccc1. The van der Waals surface area contributed by atoms with E-state index in [1.165, 1.54) is 12.2 Å². The topological polar surface area (TPSA) is 106 Å². The van der Waals surface area contributed by atoms with E-state index >= 15 is 0 Å². The van der Waals surface area contributed by atoms with Crippen LogP contribution in [0.25, 0.3) is 12.2 Å². The van der Waals surface area contributed by atoms with Gasteiger partial charge >= 0.3 is 0 Å². The van der Waals surface area contributed by atoms with E-state index in [-0.39, 0.29) is 23.2 Å². The Morgan fingerprint density at radius 3 is 1.42 bits per heavy atom. The van der Waals surface area contributed by atoms with E-state index in [0.717, 1.165) is 11.1 Å². The average molecular weight is 475 g/mol. The highest BCUT2D eigenvalue weighted by Crippen LogP contribution is 2.17. The molecule has 2 atom stereocenters. The monoisotopic (exact) mass is 474 g/mol. The van der Waals surface area contributed by atoms with Gasteiger partial charge in [0.25, 0.3) is 11.8 Å². The number of nitrogens with zero attached hydrogens (tertiary/aromatic N) is 2. The molecule has 0 bridgehead atoms. The standard InChI is InChI=1S/C30H26N4O2/c1-21(25-12-5-3-6-13-25)33-29(35)27(19-31)17-23-10-9-11-24(16-23)18-28(20-32)30(36)34-22(2)26-14-7-4-8-15-26/h3-18,21-22H,1-2H3,(H,33,35)(H,34,36)/b27-17-,28-18+. The van der Waals surface area contributed by atoms with E-state index in [0.29, 0.717) is 11.1 Å². The second kappa shape index (κ2) is 12.5. The fourth-order valence-corrected chi connectivity index (χ4v) is 3.57. The van der Waals surface area contributed by atoms with E-state index < -0.39 is 11.8 Å². The molecule has 0 spiro atoms. The van der Waals surface area contributed by atoms with Crippen molar-refractivity contribution < 1.29 is 9.59 Å². The van der Waals surface area contributed by atoms with Gasteiger partial charge in [0.05, 0.1) is 12.1 Å². The summed E-state index contributed by atoms with van der Waals surface area (Å²) in [6.45, 7) is 3.70. The predicted molar refractivity (Wildman–Crippen MR) is 140 cm³/mol. The van der Waals surface area contributed by atoms with E-state index in [9.17, 15) is 20.1 Å². The zero-order valence-corrected chi connectivity index (χ0v) is 20.1. The van der Waals surface area contributed by atoms with Crippen LogP contribution in [0.3, 0.4) is 0 Å². The second-order valence-electron chi connectivity index (χ2n) is 8.22. The summed E-state index contributed by atoms with van der Waals surface area (Å²) in [5, 5.41) is 24.8. The molecule has 3 aromatic rings. The third kappa shape index (κ3) is 7.03. The Balaban J connectivity index is 1.75. The Labute approximate surface area is 211 Å². The van der Waals surface area contributed by atoms with Gasteiger partial charge in [0.1, 0.15) is 23.3 Å². The second-order valence-corrected chi connectivity index (χ2v) is 8.22. The molecule has 0 radical (unpaired) electrons. The molecular weight excluding hydrogens is 448 g/mol. The van der Waals surface area contributed by atoms with Gasteiger partial charge in [-0.3, -0.25) is 9.59 Å². The van der Waals surface area contributed by atoms with Gasteiger partial charge in [0.15, 0.2) is 0 Å². The molecule has 2 amide bonds. The predicted octanol–water partition coefficient (Wildman–Crippen LogP) is 5.26. The van der Waals surface area contributed by atoms with Crippen molar-refractivity contribution in [1.29, 1.82) is 10.5 Å². The number of nitriles is 2. The van der Waals surface area contributed by atoms with Crippen LogP contribution in [0, 0.1) is 22.7 Å². The lowest BCUT2D eigenvalue weighted by molar-refractivity contribution is -0.118. The molecule has 2 unspecified atom stereocenters. The molecule has 3 rings (SSSR count). The van der Waals surface area contributed by atoms with Crippen molar-refractivity contribution in [3.05, 3.63) is 118 Å². The summed E-state index contributed by atoms with van der Waals surface area (Å²) in [6.07, 6.45) is 2.96. The minimum absolute atomic E-state index is 0.0474. The third-order valence-electron chi connectivity index (χ3n) is 5.56. The number of amides is 2. The lowest BCUT2D eigenvalue weighted by Crippen LogP contribution is -2.27. The van der Waals surface area contributed by atoms with Crippen LogP contribution >= 0.6 is 0 Å². The van der Waals surface area contributed by atoms with Crippen LogP contribution in [0.5, 0.6) is 0 Å². The molecule has 0 saturated carbocycles. The normalized spacial score (nSPS) is 13.0. The van der Waals surface area contributed by atoms with Crippen LogP contribution in [-0.2, 0) is 9.59 Å². The molecule has 0 aliphatic rings. The summed E-state index contributed by atoms with van der Waals surface area (Å²) in [6, 6.07) is 29.2. The van der Waals surface area contributed by atoms with Gasteiger partial charge in [-0.1, -0.05) is 78.9 Å². The molecule has 0 aliphatic heterocycles. The number of benzene rings is 3. The highest BCUT2D eigenvalue weighted by atomic mass is 16.2. The van der Waals surface area contributed by atoms with Crippen LogP contribution in [0.1, 0.15) is 48.2 Å². The summed E-state index contributed by atoms with van der Waals surface area (Å²) in [5.41, 5.74) is 2.96. The first-order valence-electron chi connectivity index (χ1n) is 11.5. The highest BCUT2D eigenvalue weighted by Gasteiger charge is 2.15. The van der Waals surface area contributed by atoms with Gasteiger partial charge < -0.3 is 10.6 Å². The average Bonchev–Trinajstić information content (AvgIpc) is 2.91. The van der Waals surface area contributed by atoms with Gasteiger partial charge in [0, 0.05) is 0 Å².